The van der Waals surface area contributed by atoms with Gasteiger partial charge in [-0.3, -0.25) is 37.5 Å². The molecule has 14 aliphatic rings. The summed E-state index contributed by atoms with van der Waals surface area (Å²) >= 11 is 0. The van der Waals surface area contributed by atoms with Crippen LogP contribution in [0.25, 0.3) is 0 Å². The van der Waals surface area contributed by atoms with E-state index in [-0.39, 0.29) is 17.4 Å². The number of ether oxygens (including phenoxy) is 6. The first-order valence-electron chi connectivity index (χ1n) is 48.5. The first kappa shape index (κ1) is 96.8. The molecule has 6 aromatic rings. The van der Waals surface area contributed by atoms with E-state index in [1.807, 2.05) is 91.1 Å². The molecule has 6 aliphatic carbocycles. The predicted octanol–water partition coefficient (Wildman–Crippen LogP) is 23.5. The second-order valence-corrected chi connectivity index (χ2v) is 38.8. The minimum atomic E-state index is -0.145. The Kier molecular flexibility index (Phi) is 33.4. The van der Waals surface area contributed by atoms with Crippen molar-refractivity contribution in [1.82, 2.24) is 42.4 Å². The van der Waals surface area contributed by atoms with E-state index in [9.17, 15) is 0 Å². The van der Waals surface area contributed by atoms with Crippen molar-refractivity contribution in [1.29, 1.82) is 0 Å². The molecular weight excluding hydrogens is 1650 g/mol. The summed E-state index contributed by atoms with van der Waals surface area (Å²) < 4.78 is 37.3. The minimum Gasteiger partial charge on any atom is -0.493 e. The number of hydrazone groups is 6. The van der Waals surface area contributed by atoms with Crippen molar-refractivity contribution in [2.45, 2.75) is 240 Å². The SMILES string of the molecule is C=C1C=CC(c2ccc(OC(C)(C)CC)c(C)c2)=NN1.C=C1C=CC(c2ccc(OC(C)N3CCCCC3)c(C)c2)=NN1.C=C1C=CC(c2ccc(OC34CC5CC(CC(C5)C3)C4)c(C)c2)=NN1.C=C1C=CC(c2ccc(OC3CCCC3)c(C)c2)=NN1.C=C1C=CC(c2ccc(OC3CCCCCC3)c(C)c2)=NN1.C=C1C=CC(c2ccc(OCC3CCCN(C)C3)c(C)c2)=NN1. The van der Waals surface area contributed by atoms with Gasteiger partial charge in [-0.1, -0.05) is 65.7 Å². The van der Waals surface area contributed by atoms with Gasteiger partial charge in [-0.25, -0.2) is 0 Å². The van der Waals surface area contributed by atoms with E-state index in [1.165, 1.54) is 153 Å². The predicted molar refractivity (Wildman–Crippen MR) is 548 cm³/mol. The van der Waals surface area contributed by atoms with E-state index in [0.29, 0.717) is 18.1 Å². The summed E-state index contributed by atoms with van der Waals surface area (Å²) in [6.07, 6.45) is 52.5. The van der Waals surface area contributed by atoms with E-state index < -0.39 is 0 Å². The third-order valence-corrected chi connectivity index (χ3v) is 27.0. The van der Waals surface area contributed by atoms with Crippen LogP contribution in [0.1, 0.15) is 236 Å². The first-order valence-corrected chi connectivity index (χ1v) is 48.5. The summed E-state index contributed by atoms with van der Waals surface area (Å²) in [5.74, 6) is 9.27. The molecule has 20 nitrogen and oxygen atoms in total. The van der Waals surface area contributed by atoms with Gasteiger partial charge >= 0.3 is 0 Å². The number of nitrogens with one attached hydrogen (secondary N) is 6. The van der Waals surface area contributed by atoms with Crippen molar-refractivity contribution in [2.75, 3.05) is 39.8 Å². The molecule has 4 bridgehead atoms. The molecule has 0 radical (unpaired) electrons. The summed E-state index contributed by atoms with van der Waals surface area (Å²) in [6.45, 7) is 49.4. The van der Waals surface area contributed by atoms with Gasteiger partial charge in [0.1, 0.15) is 51.9 Å². The molecule has 0 spiro atoms. The molecule has 6 aromatic carbocycles. The summed E-state index contributed by atoms with van der Waals surface area (Å²) in [4.78, 5) is 4.81. The number of nitrogens with zero attached hydrogens (tertiary/aromatic N) is 8. The van der Waals surface area contributed by atoms with E-state index in [4.69, 9.17) is 28.4 Å². The van der Waals surface area contributed by atoms with Crippen LogP contribution in [0.4, 0.5) is 0 Å². The summed E-state index contributed by atoms with van der Waals surface area (Å²) in [6, 6.07) is 37.6. The molecular formula is C113H142N14O6. The highest BCUT2D eigenvalue weighted by Crippen LogP contribution is 2.57. The Hall–Kier alpha value is -12.3. The van der Waals surface area contributed by atoms with Gasteiger partial charge in [0, 0.05) is 93.1 Å². The normalized spacial score (nSPS) is 22.1. The van der Waals surface area contributed by atoms with Crippen molar-refractivity contribution < 1.29 is 28.4 Å². The highest BCUT2D eigenvalue weighted by atomic mass is 16.5. The fourth-order valence-corrected chi connectivity index (χ4v) is 19.6. The summed E-state index contributed by atoms with van der Waals surface area (Å²) in [5, 5.41) is 25.9. The lowest BCUT2D eigenvalue weighted by molar-refractivity contribution is -0.107. The summed E-state index contributed by atoms with van der Waals surface area (Å²) in [7, 11) is 2.19. The topological polar surface area (TPSA) is 208 Å². The number of hydrogen-bond donors (Lipinski definition) is 6. The van der Waals surface area contributed by atoms with Crippen LogP contribution in [0.2, 0.25) is 0 Å². The Labute approximate surface area is 791 Å². The fourth-order valence-electron chi connectivity index (χ4n) is 19.6. The van der Waals surface area contributed by atoms with Crippen LogP contribution in [-0.2, 0) is 0 Å². The quantitative estimate of drug-likeness (QED) is 0.0371. The number of allylic oxidation sites excluding steroid dienone is 12. The van der Waals surface area contributed by atoms with Gasteiger partial charge < -0.3 is 33.3 Å². The molecule has 2 atom stereocenters. The average Bonchev–Trinajstić information content (AvgIpc) is 0.975. The molecule has 8 fully saturated rings. The number of piperidine rings is 2. The van der Waals surface area contributed by atoms with Crippen LogP contribution in [0.15, 0.2) is 286 Å². The maximum Gasteiger partial charge on any atom is 0.149 e. The van der Waals surface area contributed by atoms with Crippen LogP contribution in [-0.4, -0.2) is 114 Å². The Morgan fingerprint density at radius 1 is 0.383 bits per heavy atom. The van der Waals surface area contributed by atoms with Crippen molar-refractivity contribution >= 4 is 34.3 Å². The molecule has 2 unspecified atom stereocenters. The summed E-state index contributed by atoms with van der Waals surface area (Å²) in [5.41, 5.74) is 41.3. The number of likely N-dealkylation sites (tertiary alicyclic amines) is 2. The third-order valence-electron chi connectivity index (χ3n) is 27.0. The zero-order valence-corrected chi connectivity index (χ0v) is 80.7. The van der Waals surface area contributed by atoms with Gasteiger partial charge in [-0.05, 0) is 431 Å². The van der Waals surface area contributed by atoms with E-state index >= 15 is 0 Å². The van der Waals surface area contributed by atoms with Crippen molar-refractivity contribution in [3.05, 3.63) is 323 Å². The van der Waals surface area contributed by atoms with Crippen LogP contribution >= 0.6 is 0 Å². The fraction of sp³-hybridized carbons (Fsp3) is 0.416. The molecule has 20 rings (SSSR count). The second-order valence-electron chi connectivity index (χ2n) is 38.8. The van der Waals surface area contributed by atoms with E-state index in [2.05, 4.69) is 280 Å². The van der Waals surface area contributed by atoms with Gasteiger partial charge in [-0.2, -0.15) is 30.6 Å². The lowest BCUT2D eigenvalue weighted by Gasteiger charge is -2.56. The van der Waals surface area contributed by atoms with Gasteiger partial charge in [-0.15, -0.1) is 0 Å². The van der Waals surface area contributed by atoms with Crippen molar-refractivity contribution in [3.8, 4) is 34.5 Å². The standard InChI is InChI=1S/C22H26N2O.2C19H25N3O.C19H24N2O.C17H20N2O.C17H22N2O/c1-14-7-19(20-5-3-15(2)23-24-20)4-6-21(14)25-22-11-16-8-17(12-22)10-18(9-16)13-22;1-14-11-17(18-8-6-15(2)20-21-18)7-9-19(14)23-13-16-5-4-10-22(3)12-16;1-14-13-17(18-9-7-15(2)20-21-18)8-10-19(14)23-16(3)22-11-5-4-6-12-22;1-14-13-16(18-11-9-15(2)20-21-18)10-12-19(14)22-17-7-5-3-4-6-8-17;1-12-11-14(16-9-7-13(2)18-19-16)8-10-17(12)20-15-5-3-4-6-15;1-6-17(4,5)20-16-10-8-14(11-12(16)2)15-9-7-13(3)18-19-15/h3-7,16-18,23H,2,8-13H2,1H3;6-9,11,16,20H,2,4-5,10,12-13H2,1,3H3;7-10,13,16,20H,2,4-6,11-12H2,1,3H3;9-13,17,20H,2-8H2,1H3;7-11,15,18H,2-6H2,1H3;7-11,18H,3,6H2,1-2,4-5H3. The maximum atomic E-state index is 6.72. The molecule has 20 heteroatoms. The molecule has 6 saturated carbocycles. The molecule has 0 amide bonds. The minimum absolute atomic E-state index is 0.114. The van der Waals surface area contributed by atoms with Crippen LogP contribution in [0.5, 0.6) is 34.5 Å². The Bertz CT molecular complexity index is 5570. The Balaban J connectivity index is 0.000000128. The maximum absolute atomic E-state index is 6.72. The molecule has 0 aromatic heterocycles. The van der Waals surface area contributed by atoms with Crippen LogP contribution in [0.3, 0.4) is 0 Å². The lowest BCUT2D eigenvalue weighted by Crippen LogP contribution is -2.53. The monoisotopic (exact) mass is 1790 g/mol. The smallest absolute Gasteiger partial charge is 0.149 e. The van der Waals surface area contributed by atoms with Gasteiger partial charge in [0.2, 0.25) is 0 Å². The Morgan fingerprint density at radius 2 is 0.699 bits per heavy atom. The highest BCUT2D eigenvalue weighted by Gasteiger charge is 2.53. The molecule has 8 aliphatic heterocycles. The lowest BCUT2D eigenvalue weighted by atomic mass is 9.54. The number of benzene rings is 6. The van der Waals surface area contributed by atoms with Crippen molar-refractivity contribution in [2.24, 2.45) is 54.3 Å². The van der Waals surface area contributed by atoms with Crippen molar-refractivity contribution in [3.63, 3.8) is 0 Å². The average molecular weight is 1790 g/mol. The van der Waals surface area contributed by atoms with Gasteiger partial charge in [0.25, 0.3) is 0 Å². The van der Waals surface area contributed by atoms with E-state index in [0.717, 1.165) is 209 Å². The number of hydrogen-bond acceptors (Lipinski definition) is 20. The number of rotatable bonds is 21. The molecule has 133 heavy (non-hydrogen) atoms. The highest BCUT2D eigenvalue weighted by molar-refractivity contribution is 6.12. The largest absolute Gasteiger partial charge is 0.493 e. The number of aryl methyl sites for hydroxylation is 6. The third kappa shape index (κ3) is 27.7. The van der Waals surface area contributed by atoms with E-state index in [1.54, 1.807) is 0 Å². The molecule has 8 heterocycles. The zero-order chi connectivity index (χ0) is 93.5. The molecule has 6 N–H and O–H groups in total. The molecule has 700 valence electrons. The van der Waals surface area contributed by atoms with Crippen LogP contribution < -0.4 is 61.0 Å². The van der Waals surface area contributed by atoms with Gasteiger partial charge in [0.05, 0.1) is 53.1 Å². The Morgan fingerprint density at radius 3 is 1.02 bits per heavy atom. The second kappa shape index (κ2) is 45.9. The first-order chi connectivity index (χ1) is 64.2. The molecule has 2 saturated heterocycles. The van der Waals surface area contributed by atoms with Crippen LogP contribution in [0, 0.1) is 65.2 Å². The van der Waals surface area contributed by atoms with Gasteiger partial charge in [0.15, 0.2) is 0 Å². The zero-order valence-electron chi connectivity index (χ0n) is 80.7.